The second-order valence-electron chi connectivity index (χ2n) is 7.97. The third-order valence-corrected chi connectivity index (χ3v) is 6.28. The van der Waals surface area contributed by atoms with E-state index in [-0.39, 0.29) is 29.9 Å². The van der Waals surface area contributed by atoms with Crippen molar-refractivity contribution in [2.24, 2.45) is 0 Å². The topological polar surface area (TPSA) is 36.9 Å². The Morgan fingerprint density at radius 3 is 2.36 bits per heavy atom. The predicted octanol–water partition coefficient (Wildman–Crippen LogP) is 4.94. The number of ether oxygens (including phenoxy) is 4. The van der Waals surface area contributed by atoms with E-state index in [0.717, 1.165) is 10.5 Å². The lowest BCUT2D eigenvalue weighted by molar-refractivity contribution is -0.175. The molecule has 4 rings (SSSR count). The molecule has 2 heterocycles. The van der Waals surface area contributed by atoms with Crippen LogP contribution in [0.1, 0.15) is 31.9 Å². The summed E-state index contributed by atoms with van der Waals surface area (Å²) in [7, 11) is 0. The van der Waals surface area contributed by atoms with Gasteiger partial charge >= 0.3 is 0 Å². The van der Waals surface area contributed by atoms with Crippen LogP contribution in [-0.4, -0.2) is 35.6 Å². The fraction of sp³-hybridized carbons (Fsp3) is 0.478. The van der Waals surface area contributed by atoms with E-state index < -0.39 is 5.79 Å². The molecular formula is C23H28O4S. The molecule has 0 aromatic heterocycles. The molecule has 150 valence electrons. The maximum atomic E-state index is 6.40. The molecule has 2 saturated heterocycles. The molecule has 4 nitrogen and oxygen atoms in total. The number of aryl methyl sites for hydroxylation is 1. The molecule has 0 bridgehead atoms. The van der Waals surface area contributed by atoms with Crippen LogP contribution in [0.25, 0.3) is 0 Å². The summed E-state index contributed by atoms with van der Waals surface area (Å²) in [6, 6.07) is 18.7. The van der Waals surface area contributed by atoms with E-state index in [2.05, 4.69) is 50.2 Å². The van der Waals surface area contributed by atoms with Crippen LogP contribution in [0.3, 0.4) is 0 Å². The van der Waals surface area contributed by atoms with Gasteiger partial charge in [0, 0.05) is 4.90 Å². The van der Waals surface area contributed by atoms with E-state index in [1.54, 1.807) is 11.8 Å². The van der Waals surface area contributed by atoms with Crippen molar-refractivity contribution < 1.29 is 18.9 Å². The summed E-state index contributed by atoms with van der Waals surface area (Å²) in [5.74, 6) is -0.634. The normalized spacial score (nSPS) is 31.5. The average Bonchev–Trinajstić information content (AvgIpc) is 3.00. The molecule has 0 N–H and O–H groups in total. The van der Waals surface area contributed by atoms with Crippen LogP contribution in [0.5, 0.6) is 0 Å². The monoisotopic (exact) mass is 400 g/mol. The first kappa shape index (κ1) is 19.9. The Bertz CT molecular complexity index is 777. The summed E-state index contributed by atoms with van der Waals surface area (Å²) < 4.78 is 25.1. The molecule has 2 aliphatic rings. The van der Waals surface area contributed by atoms with Crippen LogP contribution in [0, 0.1) is 6.92 Å². The third kappa shape index (κ3) is 4.44. The number of fused-ring (bicyclic) bond motifs is 1. The van der Waals surface area contributed by atoms with E-state index in [1.165, 1.54) is 5.56 Å². The van der Waals surface area contributed by atoms with Gasteiger partial charge in [-0.3, -0.25) is 0 Å². The van der Waals surface area contributed by atoms with Crippen LogP contribution >= 0.6 is 11.8 Å². The van der Waals surface area contributed by atoms with Crippen LogP contribution < -0.4 is 0 Å². The van der Waals surface area contributed by atoms with Crippen LogP contribution in [0.4, 0.5) is 0 Å². The maximum absolute atomic E-state index is 6.40. The highest BCUT2D eigenvalue weighted by molar-refractivity contribution is 7.99. The summed E-state index contributed by atoms with van der Waals surface area (Å²) in [4.78, 5) is 1.15. The smallest absolute Gasteiger partial charge is 0.164 e. The van der Waals surface area contributed by atoms with Gasteiger partial charge in [0.25, 0.3) is 0 Å². The van der Waals surface area contributed by atoms with Crippen molar-refractivity contribution >= 4 is 11.8 Å². The number of hydrogen-bond donors (Lipinski definition) is 0. The van der Waals surface area contributed by atoms with Crippen LogP contribution in [0.15, 0.2) is 59.5 Å². The molecule has 2 aliphatic heterocycles. The molecule has 5 atom stereocenters. The van der Waals surface area contributed by atoms with Crippen molar-refractivity contribution in [3.8, 4) is 0 Å². The zero-order valence-corrected chi connectivity index (χ0v) is 17.6. The standard InChI is InChI=1S/C23H28O4S/c1-15-10-12-17(13-11-15)14-24-21-20-19(26-23(3,4)27-20)16(2)25-22(21)28-18-8-6-5-7-9-18/h5-13,16,19-22H,14H2,1-4H3/t16-,19+,20+,21-,22+/m0/s1. The fourth-order valence-corrected chi connectivity index (χ4v) is 4.91. The lowest BCUT2D eigenvalue weighted by atomic mass is 10.0. The van der Waals surface area contributed by atoms with Crippen molar-refractivity contribution in [3.63, 3.8) is 0 Å². The number of thioether (sulfide) groups is 1. The highest BCUT2D eigenvalue weighted by Gasteiger charge is 2.54. The second kappa shape index (κ2) is 8.17. The Hall–Kier alpha value is -1.37. The first-order valence-corrected chi connectivity index (χ1v) is 10.7. The van der Waals surface area contributed by atoms with Crippen LogP contribution in [-0.2, 0) is 25.6 Å². The number of rotatable bonds is 5. The molecule has 0 radical (unpaired) electrons. The van der Waals surface area contributed by atoms with Crippen molar-refractivity contribution in [2.75, 3.05) is 0 Å². The first-order valence-electron chi connectivity index (χ1n) is 9.81. The van der Waals surface area contributed by atoms with Crippen molar-refractivity contribution in [3.05, 3.63) is 65.7 Å². The lowest BCUT2D eigenvalue weighted by Crippen LogP contribution is -2.55. The van der Waals surface area contributed by atoms with Gasteiger partial charge in [0.1, 0.15) is 23.7 Å². The molecule has 0 saturated carbocycles. The predicted molar refractivity (Wildman–Crippen MR) is 110 cm³/mol. The summed E-state index contributed by atoms with van der Waals surface area (Å²) in [6.45, 7) is 8.56. The Morgan fingerprint density at radius 1 is 0.964 bits per heavy atom. The molecule has 0 amide bonds. The summed E-state index contributed by atoms with van der Waals surface area (Å²) >= 11 is 1.68. The Balaban J connectivity index is 1.55. The Morgan fingerprint density at radius 2 is 1.64 bits per heavy atom. The van der Waals surface area contributed by atoms with Gasteiger partial charge in [-0.2, -0.15) is 0 Å². The molecule has 28 heavy (non-hydrogen) atoms. The zero-order valence-electron chi connectivity index (χ0n) is 16.8. The first-order chi connectivity index (χ1) is 13.4. The van der Waals surface area contributed by atoms with Gasteiger partial charge in [0.15, 0.2) is 5.79 Å². The zero-order chi connectivity index (χ0) is 19.7. The molecular weight excluding hydrogens is 372 g/mol. The minimum absolute atomic E-state index is 0.0628. The Labute approximate surface area is 171 Å². The fourth-order valence-electron chi connectivity index (χ4n) is 3.73. The van der Waals surface area contributed by atoms with Gasteiger partial charge in [0.05, 0.1) is 12.7 Å². The number of benzene rings is 2. The summed E-state index contributed by atoms with van der Waals surface area (Å²) in [6.07, 6.45) is -0.585. The Kier molecular flexibility index (Phi) is 5.81. The van der Waals surface area contributed by atoms with Crippen molar-refractivity contribution in [2.45, 2.75) is 74.8 Å². The van der Waals surface area contributed by atoms with E-state index in [9.17, 15) is 0 Å². The van der Waals surface area contributed by atoms with E-state index >= 15 is 0 Å². The van der Waals surface area contributed by atoms with E-state index in [0.29, 0.717) is 6.61 Å². The largest absolute Gasteiger partial charge is 0.367 e. The molecule has 2 aromatic rings. The quantitative estimate of drug-likeness (QED) is 0.711. The molecule has 0 spiro atoms. The summed E-state index contributed by atoms with van der Waals surface area (Å²) in [5, 5.41) is 0. The number of hydrogen-bond acceptors (Lipinski definition) is 5. The SMILES string of the molecule is Cc1ccc(CO[C@H]2[C@@H]3OC(C)(C)O[C@@H]3[C@H](C)O[C@@H]2Sc2ccccc2)cc1. The third-order valence-electron chi connectivity index (χ3n) is 5.13. The minimum Gasteiger partial charge on any atom is -0.367 e. The second-order valence-corrected chi connectivity index (χ2v) is 9.14. The van der Waals surface area contributed by atoms with Crippen LogP contribution in [0.2, 0.25) is 0 Å². The van der Waals surface area contributed by atoms with Crippen molar-refractivity contribution in [1.29, 1.82) is 0 Å². The minimum atomic E-state index is -0.634. The van der Waals surface area contributed by atoms with E-state index in [1.807, 2.05) is 32.0 Å². The average molecular weight is 401 g/mol. The van der Waals surface area contributed by atoms with Gasteiger partial charge < -0.3 is 18.9 Å². The molecule has 0 aliphatic carbocycles. The van der Waals surface area contributed by atoms with Gasteiger partial charge in [-0.25, -0.2) is 0 Å². The highest BCUT2D eigenvalue weighted by atomic mass is 32.2. The van der Waals surface area contributed by atoms with Gasteiger partial charge in [-0.1, -0.05) is 59.8 Å². The molecule has 5 heteroatoms. The van der Waals surface area contributed by atoms with Gasteiger partial charge in [0.2, 0.25) is 0 Å². The summed E-state index contributed by atoms with van der Waals surface area (Å²) in [5.41, 5.74) is 2.22. The van der Waals surface area contributed by atoms with Gasteiger partial charge in [-0.05, 0) is 45.4 Å². The lowest BCUT2D eigenvalue weighted by Gasteiger charge is -2.40. The van der Waals surface area contributed by atoms with E-state index in [4.69, 9.17) is 18.9 Å². The molecule has 2 fully saturated rings. The maximum Gasteiger partial charge on any atom is 0.164 e. The molecule has 0 unspecified atom stereocenters. The highest BCUT2D eigenvalue weighted by Crippen LogP contribution is 2.43. The van der Waals surface area contributed by atoms with Crippen molar-refractivity contribution in [1.82, 2.24) is 0 Å². The van der Waals surface area contributed by atoms with Gasteiger partial charge in [-0.15, -0.1) is 0 Å². The molecule has 2 aromatic carbocycles.